The maximum absolute atomic E-state index is 11.8. The summed E-state index contributed by atoms with van der Waals surface area (Å²) in [5.41, 5.74) is -0.530. The lowest BCUT2D eigenvalue weighted by Gasteiger charge is -2.38. The monoisotopic (exact) mass is 149 g/mol. The number of allylic oxidation sites excluding steroid dienone is 2. The van der Waals surface area contributed by atoms with Gasteiger partial charge in [0.1, 0.15) is 0 Å². The second-order valence-corrected chi connectivity index (χ2v) is 3.46. The summed E-state index contributed by atoms with van der Waals surface area (Å²) in [6.07, 6.45) is 1.50. The van der Waals surface area contributed by atoms with Crippen molar-refractivity contribution in [2.24, 2.45) is 5.41 Å². The van der Waals surface area contributed by atoms with E-state index in [1.54, 1.807) is 13.8 Å². The van der Waals surface area contributed by atoms with Crippen LogP contribution in [0.2, 0.25) is 0 Å². The molecule has 0 atom stereocenters. The molecule has 0 bridgehead atoms. The topological polar surface area (TPSA) is 0 Å². The van der Waals surface area contributed by atoms with Crippen LogP contribution in [0.3, 0.4) is 0 Å². The van der Waals surface area contributed by atoms with Crippen molar-refractivity contribution in [3.63, 3.8) is 0 Å². The molecule has 4 heteroatoms. The lowest BCUT2D eigenvalue weighted by Crippen LogP contribution is -2.32. The molecule has 0 radical (unpaired) electrons. The molecule has 0 spiro atoms. The molecule has 0 saturated heterocycles. The number of hydrogen-bond donors (Lipinski definition) is 0. The van der Waals surface area contributed by atoms with Crippen molar-refractivity contribution >= 4 is 6.98 Å². The molecule has 58 valence electrons. The standard InChI is InChI=1S/C6H9BF3/c1-6(2)3-5(4-6)7(8,9)10/h3H,4H2,1-2H3/q-1. The summed E-state index contributed by atoms with van der Waals surface area (Å²) in [5.74, 6) is 0. The minimum atomic E-state index is -4.68. The zero-order chi connectivity index (χ0) is 7.99. The largest absolute Gasteiger partial charge is 0.505 e. The van der Waals surface area contributed by atoms with Gasteiger partial charge in [0.2, 0.25) is 0 Å². The highest BCUT2D eigenvalue weighted by molar-refractivity contribution is 6.67. The predicted octanol–water partition coefficient (Wildman–Crippen LogP) is 2.73. The molecule has 0 saturated carbocycles. The predicted molar refractivity (Wildman–Crippen MR) is 35.6 cm³/mol. The maximum atomic E-state index is 11.8. The van der Waals surface area contributed by atoms with Crippen LogP contribution in [-0.2, 0) is 0 Å². The van der Waals surface area contributed by atoms with Crippen LogP contribution in [0.1, 0.15) is 20.3 Å². The first-order valence-corrected chi connectivity index (χ1v) is 3.23. The van der Waals surface area contributed by atoms with Gasteiger partial charge < -0.3 is 12.9 Å². The van der Waals surface area contributed by atoms with Crippen LogP contribution >= 0.6 is 0 Å². The molecule has 0 fully saturated rings. The van der Waals surface area contributed by atoms with Crippen LogP contribution in [0.4, 0.5) is 12.9 Å². The van der Waals surface area contributed by atoms with Gasteiger partial charge in [0, 0.05) is 0 Å². The van der Waals surface area contributed by atoms with Gasteiger partial charge in [0.15, 0.2) is 0 Å². The number of hydrogen-bond acceptors (Lipinski definition) is 0. The number of halogens is 3. The van der Waals surface area contributed by atoms with Crippen molar-refractivity contribution in [3.8, 4) is 0 Å². The Labute approximate surface area is 58.2 Å². The Morgan fingerprint density at radius 2 is 1.80 bits per heavy atom. The Bertz CT molecular complexity index is 178. The summed E-state index contributed by atoms with van der Waals surface area (Å²) >= 11 is 0. The fraction of sp³-hybridized carbons (Fsp3) is 0.667. The molecular formula is C6H9BF3-. The Morgan fingerprint density at radius 1 is 1.40 bits per heavy atom. The third-order valence-corrected chi connectivity index (χ3v) is 1.66. The highest BCUT2D eigenvalue weighted by Crippen LogP contribution is 2.43. The van der Waals surface area contributed by atoms with Crippen molar-refractivity contribution in [1.29, 1.82) is 0 Å². The second kappa shape index (κ2) is 1.80. The van der Waals surface area contributed by atoms with Crippen LogP contribution in [-0.4, -0.2) is 6.98 Å². The highest BCUT2D eigenvalue weighted by Gasteiger charge is 2.38. The quantitative estimate of drug-likeness (QED) is 0.502. The van der Waals surface area contributed by atoms with Gasteiger partial charge in [-0.1, -0.05) is 20.3 Å². The number of rotatable bonds is 1. The second-order valence-electron chi connectivity index (χ2n) is 3.46. The fourth-order valence-electron chi connectivity index (χ4n) is 1.21. The van der Waals surface area contributed by atoms with E-state index in [1.165, 1.54) is 6.08 Å². The SMILES string of the molecule is CC1(C)C=C([B-](F)(F)F)C1. The van der Waals surface area contributed by atoms with E-state index in [0.29, 0.717) is 0 Å². The molecular weight excluding hydrogens is 140 g/mol. The summed E-state index contributed by atoms with van der Waals surface area (Å²) < 4.78 is 35.5. The molecule has 0 aromatic carbocycles. The van der Waals surface area contributed by atoms with E-state index in [9.17, 15) is 12.9 Å². The Hall–Kier alpha value is -0.405. The van der Waals surface area contributed by atoms with Crippen LogP contribution in [0.5, 0.6) is 0 Å². The minimum absolute atomic E-state index is 0.191. The van der Waals surface area contributed by atoms with Gasteiger partial charge in [-0.2, -0.15) is 0 Å². The fourth-order valence-corrected chi connectivity index (χ4v) is 1.21. The Morgan fingerprint density at radius 3 is 1.90 bits per heavy atom. The maximum Gasteiger partial charge on any atom is 0.505 e. The lowest BCUT2D eigenvalue weighted by molar-refractivity contribution is 0.393. The van der Waals surface area contributed by atoms with Crippen LogP contribution in [0.15, 0.2) is 11.5 Å². The van der Waals surface area contributed by atoms with E-state index in [1.807, 2.05) is 0 Å². The molecule has 0 N–H and O–H groups in total. The summed E-state index contributed by atoms with van der Waals surface area (Å²) in [7, 11) is 0. The average Bonchev–Trinajstić information content (AvgIpc) is 1.56. The molecule has 0 nitrogen and oxygen atoms in total. The zero-order valence-corrected chi connectivity index (χ0v) is 6.00. The summed E-state index contributed by atoms with van der Waals surface area (Å²) in [5, 5.41) is 0. The van der Waals surface area contributed by atoms with Crippen molar-refractivity contribution in [2.45, 2.75) is 20.3 Å². The summed E-state index contributed by atoms with van der Waals surface area (Å²) in [6.45, 7) is -1.07. The first-order valence-electron chi connectivity index (χ1n) is 3.23. The van der Waals surface area contributed by atoms with Gasteiger partial charge >= 0.3 is 6.98 Å². The smallest absolute Gasteiger partial charge is 0.445 e. The van der Waals surface area contributed by atoms with E-state index in [0.717, 1.165) is 0 Å². The molecule has 1 rings (SSSR count). The Balaban J connectivity index is 2.68. The van der Waals surface area contributed by atoms with E-state index >= 15 is 0 Å². The van der Waals surface area contributed by atoms with Crippen molar-refractivity contribution in [2.75, 3.05) is 0 Å². The van der Waals surface area contributed by atoms with Gasteiger partial charge in [0.25, 0.3) is 0 Å². The highest BCUT2D eigenvalue weighted by atomic mass is 19.4. The van der Waals surface area contributed by atoms with Crippen LogP contribution < -0.4 is 0 Å². The zero-order valence-electron chi connectivity index (χ0n) is 6.00. The van der Waals surface area contributed by atoms with Crippen LogP contribution in [0.25, 0.3) is 0 Å². The summed E-state index contributed by atoms with van der Waals surface area (Å²) in [6, 6.07) is 0. The van der Waals surface area contributed by atoms with E-state index in [2.05, 4.69) is 0 Å². The Kier molecular flexibility index (Phi) is 1.39. The normalized spacial score (nSPS) is 23.5. The molecule has 0 heterocycles. The molecule has 0 amide bonds. The van der Waals surface area contributed by atoms with Crippen molar-refractivity contribution in [1.82, 2.24) is 0 Å². The molecule has 0 aromatic rings. The molecule has 10 heavy (non-hydrogen) atoms. The minimum Gasteiger partial charge on any atom is -0.445 e. The van der Waals surface area contributed by atoms with Crippen LogP contribution in [0, 0.1) is 5.41 Å². The van der Waals surface area contributed by atoms with E-state index in [-0.39, 0.29) is 17.3 Å². The first kappa shape index (κ1) is 7.70. The first-order chi connectivity index (χ1) is 4.31. The third kappa shape index (κ3) is 1.36. The van der Waals surface area contributed by atoms with Crippen molar-refractivity contribution < 1.29 is 12.9 Å². The van der Waals surface area contributed by atoms with E-state index in [4.69, 9.17) is 0 Å². The van der Waals surface area contributed by atoms with Gasteiger partial charge in [-0.05, 0) is 5.41 Å². The van der Waals surface area contributed by atoms with Gasteiger partial charge in [0.05, 0.1) is 0 Å². The average molecular weight is 149 g/mol. The molecule has 1 aliphatic carbocycles. The van der Waals surface area contributed by atoms with Gasteiger partial charge in [-0.3, -0.25) is 0 Å². The summed E-state index contributed by atoms with van der Waals surface area (Å²) in [4.78, 5) is 0. The van der Waals surface area contributed by atoms with Crippen molar-refractivity contribution in [3.05, 3.63) is 11.5 Å². The third-order valence-electron chi connectivity index (χ3n) is 1.66. The molecule has 0 unspecified atom stereocenters. The van der Waals surface area contributed by atoms with E-state index < -0.39 is 6.98 Å². The molecule has 1 aliphatic rings. The lowest BCUT2D eigenvalue weighted by atomic mass is 9.60. The molecule has 0 aliphatic heterocycles. The van der Waals surface area contributed by atoms with Gasteiger partial charge in [-0.15, -0.1) is 11.5 Å². The molecule has 0 aromatic heterocycles. The van der Waals surface area contributed by atoms with Gasteiger partial charge in [-0.25, -0.2) is 0 Å².